The molecule has 0 fully saturated rings. The Morgan fingerprint density at radius 3 is 2.42 bits per heavy atom. The topological polar surface area (TPSA) is 9.23 Å². The average Bonchev–Trinajstić information content (AvgIpc) is 2.03. The Morgan fingerprint density at radius 2 is 1.92 bits per heavy atom. The van der Waals surface area contributed by atoms with Crippen LogP contribution in [0.2, 0.25) is 19.6 Å². The molecule has 1 aromatic carbocycles. The Balaban J connectivity index is 3.02. The van der Waals surface area contributed by atoms with Gasteiger partial charge in [-0.25, -0.2) is 0 Å². The molecule has 2 heteroatoms. The summed E-state index contributed by atoms with van der Waals surface area (Å²) in [7, 11) is 0.464. The molecule has 0 saturated carbocycles. The summed E-state index contributed by atoms with van der Waals surface area (Å²) in [6, 6.07) is 9.37. The second kappa shape index (κ2) is 3.31. The van der Waals surface area contributed by atoms with E-state index < -0.39 is 8.07 Å². The quantitative estimate of drug-likeness (QED) is 0.631. The lowest BCUT2D eigenvalue weighted by Crippen LogP contribution is -2.37. The molecule has 0 unspecified atom stereocenters. The predicted molar refractivity (Wildman–Crippen MR) is 54.8 cm³/mol. The van der Waals surface area contributed by atoms with Crippen molar-refractivity contribution in [3.05, 3.63) is 24.3 Å². The third kappa shape index (κ3) is 2.11. The molecule has 65 valence electrons. The van der Waals surface area contributed by atoms with Gasteiger partial charge in [-0.05, 0) is 11.3 Å². The van der Waals surface area contributed by atoms with Crippen LogP contribution < -0.4 is 9.92 Å². The predicted octanol–water partition coefficient (Wildman–Crippen LogP) is 2.04. The lowest BCUT2D eigenvalue weighted by atomic mass is 10.3. The van der Waals surface area contributed by atoms with Gasteiger partial charge in [0.1, 0.15) is 5.75 Å². The summed E-state index contributed by atoms with van der Waals surface area (Å²) in [5.74, 6) is 0.843. The van der Waals surface area contributed by atoms with E-state index >= 15 is 0 Å². The minimum atomic E-state index is -1.22. The highest BCUT2D eigenvalue weighted by Gasteiger charge is 2.16. The minimum Gasteiger partial charge on any atom is -0.496 e. The van der Waals surface area contributed by atoms with Crippen molar-refractivity contribution in [3.63, 3.8) is 0 Å². The smallest absolute Gasteiger partial charge is 0.126 e. The first-order valence-corrected chi connectivity index (χ1v) is 7.61. The largest absolute Gasteiger partial charge is 0.496 e. The van der Waals surface area contributed by atoms with E-state index in [0.717, 1.165) is 5.75 Å². The van der Waals surface area contributed by atoms with Gasteiger partial charge < -0.3 is 4.74 Å². The summed E-state index contributed by atoms with van der Waals surface area (Å²) in [5.41, 5.74) is 0. The summed E-state index contributed by atoms with van der Waals surface area (Å²) >= 11 is 0. The van der Waals surface area contributed by atoms with Gasteiger partial charge in [0.25, 0.3) is 0 Å². The first kappa shape index (κ1) is 9.33. The second-order valence-electron chi connectivity index (χ2n) is 3.88. The van der Waals surface area contributed by atoms with Crippen molar-refractivity contribution in [3.8, 4) is 5.75 Å². The summed E-state index contributed by atoms with van der Waals surface area (Å²) in [6.45, 7) is 6.91. The van der Waals surface area contributed by atoms with Gasteiger partial charge in [0.2, 0.25) is 0 Å². The molecule has 1 rings (SSSR count). The summed E-state index contributed by atoms with van der Waals surface area (Å²) < 4.78 is 5.12. The van der Waals surface area contributed by atoms with Crippen LogP contribution in [0.3, 0.4) is 0 Å². The zero-order chi connectivity index (χ0) is 9.19. The molecule has 12 heavy (non-hydrogen) atoms. The molecule has 0 saturated heterocycles. The van der Waals surface area contributed by atoms with Crippen LogP contribution in [-0.2, 0) is 0 Å². The Hall–Kier alpha value is -0.763. The van der Waals surface area contributed by atoms with E-state index in [4.69, 9.17) is 4.74 Å². The van der Waals surface area contributed by atoms with Crippen molar-refractivity contribution in [1.29, 1.82) is 0 Å². The number of hydrogen-bond donors (Lipinski definition) is 0. The van der Waals surface area contributed by atoms with E-state index in [-0.39, 0.29) is 0 Å². The van der Waals surface area contributed by atoms with Crippen LogP contribution in [0.4, 0.5) is 0 Å². The van der Waals surface area contributed by atoms with E-state index in [9.17, 15) is 0 Å². The third-order valence-corrected chi connectivity index (χ3v) is 3.70. The molecule has 0 aliphatic heterocycles. The monoisotopic (exact) mass is 179 g/mol. The lowest BCUT2D eigenvalue weighted by Gasteiger charge is -2.16. The van der Waals surface area contributed by atoms with Gasteiger partial charge in [-0.2, -0.15) is 0 Å². The molecule has 0 atom stereocenters. The lowest BCUT2D eigenvalue weighted by molar-refractivity contribution is 0.414. The second-order valence-corrected chi connectivity index (χ2v) is 8.92. The molecule has 0 aromatic heterocycles. The van der Waals surface area contributed by atoms with Crippen LogP contribution >= 0.6 is 0 Å². The average molecular weight is 179 g/mol. The van der Waals surface area contributed by atoms with E-state index in [1.807, 2.05) is 12.1 Å². The van der Waals surface area contributed by atoms with E-state index in [0.29, 0.717) is 0 Å². The van der Waals surface area contributed by atoms with Crippen LogP contribution in [0.1, 0.15) is 0 Å². The molecule has 0 N–H and O–H groups in total. The van der Waals surface area contributed by atoms with Crippen LogP contribution in [0, 0.1) is 6.07 Å². The van der Waals surface area contributed by atoms with Crippen molar-refractivity contribution in [2.75, 3.05) is 7.11 Å². The minimum absolute atomic E-state index is 0.843. The Bertz CT molecular complexity index is 263. The van der Waals surface area contributed by atoms with Crippen LogP contribution in [0.15, 0.2) is 18.2 Å². The van der Waals surface area contributed by atoms with Crippen molar-refractivity contribution >= 4 is 13.3 Å². The molecule has 0 aliphatic carbocycles. The molecular weight excluding hydrogens is 164 g/mol. The third-order valence-electron chi connectivity index (χ3n) is 1.80. The molecule has 0 spiro atoms. The highest BCUT2D eigenvalue weighted by molar-refractivity contribution is 6.88. The van der Waals surface area contributed by atoms with Crippen molar-refractivity contribution < 1.29 is 4.74 Å². The van der Waals surface area contributed by atoms with Crippen molar-refractivity contribution in [2.24, 2.45) is 0 Å². The van der Waals surface area contributed by atoms with Gasteiger partial charge in [-0.15, -0.1) is 0 Å². The fraction of sp³-hybridized carbons (Fsp3) is 0.400. The molecule has 1 radical (unpaired) electrons. The van der Waals surface area contributed by atoms with Gasteiger partial charge in [-0.3, -0.25) is 0 Å². The van der Waals surface area contributed by atoms with Crippen molar-refractivity contribution in [1.82, 2.24) is 0 Å². The Morgan fingerprint density at radius 1 is 1.25 bits per heavy atom. The van der Waals surface area contributed by atoms with Gasteiger partial charge >= 0.3 is 0 Å². The van der Waals surface area contributed by atoms with Gasteiger partial charge in [0.15, 0.2) is 0 Å². The zero-order valence-corrected chi connectivity index (χ0v) is 9.14. The Kier molecular flexibility index (Phi) is 2.57. The maximum absolute atomic E-state index is 5.12. The van der Waals surface area contributed by atoms with Crippen LogP contribution in [-0.4, -0.2) is 15.2 Å². The zero-order valence-electron chi connectivity index (χ0n) is 8.14. The Labute approximate surface area is 75.4 Å². The van der Waals surface area contributed by atoms with Crippen molar-refractivity contribution in [2.45, 2.75) is 19.6 Å². The molecule has 0 heterocycles. The summed E-state index contributed by atoms with van der Waals surface area (Å²) in [4.78, 5) is 0. The first-order chi connectivity index (χ1) is 5.54. The van der Waals surface area contributed by atoms with Gasteiger partial charge in [-0.1, -0.05) is 31.8 Å². The van der Waals surface area contributed by atoms with E-state index in [2.05, 4.69) is 31.8 Å². The maximum atomic E-state index is 5.12. The number of methoxy groups -OCH3 is 1. The van der Waals surface area contributed by atoms with Gasteiger partial charge in [0.05, 0.1) is 15.2 Å². The molecule has 0 amide bonds. The number of ether oxygens (including phenoxy) is 1. The number of hydrogen-bond acceptors (Lipinski definition) is 1. The van der Waals surface area contributed by atoms with Crippen LogP contribution in [0.5, 0.6) is 5.75 Å². The fourth-order valence-electron chi connectivity index (χ4n) is 1.00. The van der Waals surface area contributed by atoms with Gasteiger partial charge in [0, 0.05) is 6.07 Å². The van der Waals surface area contributed by atoms with E-state index in [1.165, 1.54) is 5.19 Å². The molecule has 0 aliphatic rings. The highest BCUT2D eigenvalue weighted by Crippen LogP contribution is 2.09. The fourth-order valence-corrected chi connectivity index (χ4v) is 2.10. The molecule has 1 aromatic rings. The molecule has 1 nitrogen and oxygen atoms in total. The number of rotatable bonds is 2. The normalized spacial score (nSPS) is 11.3. The first-order valence-electron chi connectivity index (χ1n) is 4.11. The standard InChI is InChI=1S/C10H15OSi/c1-11-9-6-5-7-10(8-9)12(2,3)4/h5-7H,1-4H3. The van der Waals surface area contributed by atoms with Crippen LogP contribution in [0.25, 0.3) is 0 Å². The number of benzene rings is 1. The SMILES string of the molecule is COc1[c]c([Si](C)(C)C)ccc1. The van der Waals surface area contributed by atoms with E-state index in [1.54, 1.807) is 7.11 Å². The summed E-state index contributed by atoms with van der Waals surface area (Å²) in [5, 5.41) is 1.32. The molecular formula is C10H15OSi. The highest BCUT2D eigenvalue weighted by atomic mass is 28.3. The molecule has 0 bridgehead atoms. The maximum Gasteiger partial charge on any atom is 0.126 e. The summed E-state index contributed by atoms with van der Waals surface area (Å²) in [6.07, 6.45) is 0.